The maximum Gasteiger partial charge on any atom is 0.131 e. The SMILES string of the molecule is Fc1ccc(CNc2ccncc2Cl)c(F)c1. The zero-order valence-corrected chi connectivity index (χ0v) is 9.51. The molecule has 0 aliphatic carbocycles. The summed E-state index contributed by atoms with van der Waals surface area (Å²) in [6.07, 6.45) is 3.07. The Balaban J connectivity index is 2.10. The van der Waals surface area contributed by atoms with Gasteiger partial charge in [-0.05, 0) is 12.1 Å². The number of halogens is 3. The third kappa shape index (κ3) is 2.91. The highest BCUT2D eigenvalue weighted by Crippen LogP contribution is 2.20. The van der Waals surface area contributed by atoms with Crippen LogP contribution in [0.3, 0.4) is 0 Å². The van der Waals surface area contributed by atoms with E-state index in [0.29, 0.717) is 16.3 Å². The molecule has 5 heteroatoms. The topological polar surface area (TPSA) is 24.9 Å². The molecule has 0 saturated heterocycles. The molecule has 0 aliphatic rings. The van der Waals surface area contributed by atoms with Crippen LogP contribution >= 0.6 is 11.6 Å². The predicted molar refractivity (Wildman–Crippen MR) is 62.9 cm³/mol. The Labute approximate surface area is 102 Å². The van der Waals surface area contributed by atoms with Gasteiger partial charge in [0.15, 0.2) is 0 Å². The van der Waals surface area contributed by atoms with Crippen LogP contribution in [0.5, 0.6) is 0 Å². The van der Waals surface area contributed by atoms with E-state index in [1.807, 2.05) is 0 Å². The van der Waals surface area contributed by atoms with Gasteiger partial charge in [0.1, 0.15) is 11.6 Å². The molecule has 0 unspecified atom stereocenters. The summed E-state index contributed by atoms with van der Waals surface area (Å²) in [6, 6.07) is 5.15. The second kappa shape index (κ2) is 5.10. The number of nitrogens with zero attached hydrogens (tertiary/aromatic N) is 1. The molecule has 17 heavy (non-hydrogen) atoms. The van der Waals surface area contributed by atoms with Crippen LogP contribution in [0.2, 0.25) is 5.02 Å². The van der Waals surface area contributed by atoms with Gasteiger partial charge in [0.05, 0.1) is 10.7 Å². The molecular weight excluding hydrogens is 246 g/mol. The molecule has 88 valence electrons. The Morgan fingerprint density at radius 3 is 2.76 bits per heavy atom. The van der Waals surface area contributed by atoms with Crippen molar-refractivity contribution in [3.05, 3.63) is 58.9 Å². The number of pyridine rings is 1. The summed E-state index contributed by atoms with van der Waals surface area (Å²) in [7, 11) is 0. The first-order valence-corrected chi connectivity index (χ1v) is 5.32. The van der Waals surface area contributed by atoms with Crippen LogP contribution in [-0.2, 0) is 6.54 Å². The highest BCUT2D eigenvalue weighted by Gasteiger charge is 2.04. The molecule has 0 amide bonds. The number of anilines is 1. The van der Waals surface area contributed by atoms with Crippen LogP contribution < -0.4 is 5.32 Å². The van der Waals surface area contributed by atoms with Crippen molar-refractivity contribution in [2.45, 2.75) is 6.54 Å². The van der Waals surface area contributed by atoms with E-state index < -0.39 is 11.6 Å². The van der Waals surface area contributed by atoms with Gasteiger partial charge in [-0.3, -0.25) is 4.98 Å². The van der Waals surface area contributed by atoms with Crippen LogP contribution in [0.4, 0.5) is 14.5 Å². The van der Waals surface area contributed by atoms with Crippen molar-refractivity contribution in [1.82, 2.24) is 4.98 Å². The minimum atomic E-state index is -0.590. The molecule has 1 heterocycles. The van der Waals surface area contributed by atoms with Crippen molar-refractivity contribution in [3.63, 3.8) is 0 Å². The molecule has 0 saturated carbocycles. The maximum atomic E-state index is 13.3. The lowest BCUT2D eigenvalue weighted by molar-refractivity contribution is 0.574. The van der Waals surface area contributed by atoms with E-state index in [4.69, 9.17) is 11.6 Å². The summed E-state index contributed by atoms with van der Waals surface area (Å²) in [5.41, 5.74) is 1.03. The average molecular weight is 255 g/mol. The lowest BCUT2D eigenvalue weighted by Crippen LogP contribution is -2.02. The Bertz CT molecular complexity index is 532. The Morgan fingerprint density at radius 2 is 2.06 bits per heavy atom. The fourth-order valence-electron chi connectivity index (χ4n) is 1.37. The number of nitrogens with one attached hydrogen (secondary N) is 1. The van der Waals surface area contributed by atoms with E-state index in [1.165, 1.54) is 18.3 Å². The normalized spacial score (nSPS) is 10.3. The molecule has 1 aromatic carbocycles. The lowest BCUT2D eigenvalue weighted by atomic mass is 10.2. The van der Waals surface area contributed by atoms with Crippen LogP contribution in [-0.4, -0.2) is 4.98 Å². The van der Waals surface area contributed by atoms with E-state index in [-0.39, 0.29) is 6.54 Å². The van der Waals surface area contributed by atoms with Gasteiger partial charge in [-0.15, -0.1) is 0 Å². The van der Waals surface area contributed by atoms with E-state index >= 15 is 0 Å². The Kier molecular flexibility index (Phi) is 3.54. The third-order valence-corrected chi connectivity index (χ3v) is 2.56. The number of hydrogen-bond acceptors (Lipinski definition) is 2. The minimum Gasteiger partial charge on any atom is -0.380 e. The molecule has 2 aromatic rings. The second-order valence-electron chi connectivity index (χ2n) is 3.44. The molecule has 0 spiro atoms. The monoisotopic (exact) mass is 254 g/mol. The van der Waals surface area contributed by atoms with Crippen LogP contribution in [0.25, 0.3) is 0 Å². The van der Waals surface area contributed by atoms with Gasteiger partial charge in [-0.25, -0.2) is 8.78 Å². The molecule has 0 atom stereocenters. The molecule has 2 rings (SSSR count). The largest absolute Gasteiger partial charge is 0.380 e. The zero-order valence-electron chi connectivity index (χ0n) is 8.75. The van der Waals surface area contributed by atoms with Crippen molar-refractivity contribution in [3.8, 4) is 0 Å². The first kappa shape index (κ1) is 11.8. The van der Waals surface area contributed by atoms with Crippen LogP contribution in [0.15, 0.2) is 36.7 Å². The van der Waals surface area contributed by atoms with Crippen molar-refractivity contribution < 1.29 is 8.78 Å². The van der Waals surface area contributed by atoms with Crippen LogP contribution in [0, 0.1) is 11.6 Å². The van der Waals surface area contributed by atoms with E-state index in [9.17, 15) is 8.78 Å². The molecule has 0 bridgehead atoms. The predicted octanol–water partition coefficient (Wildman–Crippen LogP) is 3.63. The summed E-state index contributed by atoms with van der Waals surface area (Å²) in [5, 5.41) is 3.41. The number of benzene rings is 1. The standard InChI is InChI=1S/C12H9ClF2N2/c13-10-7-16-4-3-12(10)17-6-8-1-2-9(14)5-11(8)15/h1-5,7H,6H2,(H,16,17). The molecule has 0 aliphatic heterocycles. The molecule has 0 radical (unpaired) electrons. The third-order valence-electron chi connectivity index (χ3n) is 2.26. The van der Waals surface area contributed by atoms with Gasteiger partial charge in [0.2, 0.25) is 0 Å². The second-order valence-corrected chi connectivity index (χ2v) is 3.85. The first-order valence-electron chi connectivity index (χ1n) is 4.94. The average Bonchev–Trinajstić information content (AvgIpc) is 2.30. The van der Waals surface area contributed by atoms with Gasteiger partial charge in [-0.1, -0.05) is 17.7 Å². The first-order chi connectivity index (χ1) is 8.16. The van der Waals surface area contributed by atoms with Crippen molar-refractivity contribution in [1.29, 1.82) is 0 Å². The van der Waals surface area contributed by atoms with E-state index in [2.05, 4.69) is 10.3 Å². The fourth-order valence-corrected chi connectivity index (χ4v) is 1.56. The van der Waals surface area contributed by atoms with E-state index in [0.717, 1.165) is 6.07 Å². The summed E-state index contributed by atoms with van der Waals surface area (Å²) in [6.45, 7) is 0.232. The number of aromatic nitrogens is 1. The Hall–Kier alpha value is -1.68. The van der Waals surface area contributed by atoms with E-state index in [1.54, 1.807) is 12.3 Å². The highest BCUT2D eigenvalue weighted by atomic mass is 35.5. The lowest BCUT2D eigenvalue weighted by Gasteiger charge is -2.08. The van der Waals surface area contributed by atoms with Crippen molar-refractivity contribution >= 4 is 17.3 Å². The number of rotatable bonds is 3. The molecule has 1 N–H and O–H groups in total. The summed E-state index contributed by atoms with van der Waals surface area (Å²) in [4.78, 5) is 3.83. The fraction of sp³-hybridized carbons (Fsp3) is 0.0833. The smallest absolute Gasteiger partial charge is 0.131 e. The van der Waals surface area contributed by atoms with Gasteiger partial charge in [0.25, 0.3) is 0 Å². The zero-order chi connectivity index (χ0) is 12.3. The quantitative estimate of drug-likeness (QED) is 0.905. The van der Waals surface area contributed by atoms with Crippen LogP contribution in [0.1, 0.15) is 5.56 Å². The summed E-state index contributed by atoms with van der Waals surface area (Å²) >= 11 is 5.88. The summed E-state index contributed by atoms with van der Waals surface area (Å²) in [5.74, 6) is -1.17. The molecule has 0 fully saturated rings. The maximum absolute atomic E-state index is 13.3. The highest BCUT2D eigenvalue weighted by molar-refractivity contribution is 6.33. The molecule has 1 aromatic heterocycles. The van der Waals surface area contributed by atoms with Gasteiger partial charge >= 0.3 is 0 Å². The molecular formula is C12H9ClF2N2. The van der Waals surface area contributed by atoms with Gasteiger partial charge in [0, 0.05) is 30.6 Å². The van der Waals surface area contributed by atoms with Gasteiger partial charge in [-0.2, -0.15) is 0 Å². The van der Waals surface area contributed by atoms with Crippen molar-refractivity contribution in [2.24, 2.45) is 0 Å². The summed E-state index contributed by atoms with van der Waals surface area (Å²) < 4.78 is 26.0. The van der Waals surface area contributed by atoms with Crippen molar-refractivity contribution in [2.75, 3.05) is 5.32 Å². The number of hydrogen-bond donors (Lipinski definition) is 1. The molecule has 2 nitrogen and oxygen atoms in total. The Morgan fingerprint density at radius 1 is 1.24 bits per heavy atom. The minimum absolute atomic E-state index is 0.232. The van der Waals surface area contributed by atoms with Gasteiger partial charge < -0.3 is 5.32 Å².